The lowest BCUT2D eigenvalue weighted by atomic mass is 10.1. The van der Waals surface area contributed by atoms with Gasteiger partial charge in [0.1, 0.15) is 0 Å². The summed E-state index contributed by atoms with van der Waals surface area (Å²) in [6.07, 6.45) is 3.50. The van der Waals surface area contributed by atoms with Crippen molar-refractivity contribution >= 4 is 11.7 Å². The second-order valence-corrected chi connectivity index (χ2v) is 4.44. The smallest absolute Gasteiger partial charge is 0.315 e. The van der Waals surface area contributed by atoms with E-state index in [0.29, 0.717) is 6.42 Å². The van der Waals surface area contributed by atoms with E-state index in [9.17, 15) is 14.9 Å². The van der Waals surface area contributed by atoms with Crippen LogP contribution in [0.25, 0.3) is 0 Å². The summed E-state index contributed by atoms with van der Waals surface area (Å²) in [6.45, 7) is 2.13. The molecule has 0 amide bonds. The Hall–Kier alpha value is -2.21. The Bertz CT molecular complexity index is 523. The van der Waals surface area contributed by atoms with Crippen LogP contribution in [0.15, 0.2) is 36.4 Å². The molecule has 0 aliphatic carbocycles. The van der Waals surface area contributed by atoms with Crippen molar-refractivity contribution in [2.24, 2.45) is 5.92 Å². The summed E-state index contributed by atoms with van der Waals surface area (Å²) in [5.41, 5.74) is 0.807. The van der Waals surface area contributed by atoms with E-state index in [1.807, 2.05) is 6.92 Å². The molecule has 1 aromatic carbocycles. The average molecular weight is 277 g/mol. The van der Waals surface area contributed by atoms with Crippen LogP contribution >= 0.6 is 0 Å². The van der Waals surface area contributed by atoms with Gasteiger partial charge in [-0.3, -0.25) is 14.9 Å². The standard InChI is InChI=1S/C14H15NO5/c1-2-11-5-8-13(20-14(11)16)19-9-10-3-6-12(7-4-10)15(17)18/h3-8,11,13H,2,9H2,1H3. The lowest BCUT2D eigenvalue weighted by Gasteiger charge is -2.22. The van der Waals surface area contributed by atoms with Crippen LogP contribution in [0, 0.1) is 16.0 Å². The zero-order valence-electron chi connectivity index (χ0n) is 11.0. The van der Waals surface area contributed by atoms with Crippen molar-refractivity contribution in [3.8, 4) is 0 Å². The van der Waals surface area contributed by atoms with Gasteiger partial charge in [-0.1, -0.05) is 13.0 Å². The van der Waals surface area contributed by atoms with Crippen molar-refractivity contribution in [2.75, 3.05) is 0 Å². The number of cyclic esters (lactones) is 1. The van der Waals surface area contributed by atoms with Gasteiger partial charge in [-0.25, -0.2) is 0 Å². The molecular formula is C14H15NO5. The number of carbonyl (C=O) groups excluding carboxylic acids is 1. The van der Waals surface area contributed by atoms with E-state index >= 15 is 0 Å². The van der Waals surface area contributed by atoms with Gasteiger partial charge in [-0.15, -0.1) is 0 Å². The molecule has 6 heteroatoms. The molecule has 0 saturated heterocycles. The van der Waals surface area contributed by atoms with Crippen LogP contribution in [0.4, 0.5) is 5.69 Å². The number of hydrogen-bond acceptors (Lipinski definition) is 5. The summed E-state index contributed by atoms with van der Waals surface area (Å²) in [7, 11) is 0. The number of non-ortho nitro benzene ring substituents is 1. The van der Waals surface area contributed by atoms with Crippen LogP contribution in [0.1, 0.15) is 18.9 Å². The largest absolute Gasteiger partial charge is 0.431 e. The highest BCUT2D eigenvalue weighted by molar-refractivity contribution is 5.75. The van der Waals surface area contributed by atoms with Crippen LogP contribution < -0.4 is 0 Å². The first-order valence-corrected chi connectivity index (χ1v) is 6.34. The highest BCUT2D eigenvalue weighted by Gasteiger charge is 2.24. The lowest BCUT2D eigenvalue weighted by molar-refractivity contribution is -0.384. The fourth-order valence-corrected chi connectivity index (χ4v) is 1.83. The van der Waals surface area contributed by atoms with Crippen LogP contribution in [0.2, 0.25) is 0 Å². The molecule has 0 bridgehead atoms. The molecule has 1 heterocycles. The first kappa shape index (κ1) is 14.2. The van der Waals surface area contributed by atoms with Gasteiger partial charge in [-0.2, -0.15) is 0 Å². The lowest BCUT2D eigenvalue weighted by Crippen LogP contribution is -2.28. The molecule has 0 radical (unpaired) electrons. The summed E-state index contributed by atoms with van der Waals surface area (Å²) < 4.78 is 10.6. The number of hydrogen-bond donors (Lipinski definition) is 0. The predicted octanol–water partition coefficient (Wildman–Crippen LogP) is 2.58. The molecule has 0 saturated carbocycles. The molecule has 6 nitrogen and oxygen atoms in total. The second-order valence-electron chi connectivity index (χ2n) is 4.44. The summed E-state index contributed by atoms with van der Waals surface area (Å²) in [5, 5.41) is 10.5. The summed E-state index contributed by atoms with van der Waals surface area (Å²) in [6, 6.07) is 6.05. The van der Waals surface area contributed by atoms with E-state index < -0.39 is 11.2 Å². The molecule has 0 fully saturated rings. The maximum atomic E-state index is 11.5. The Balaban J connectivity index is 1.89. The number of esters is 1. The molecule has 1 aromatic rings. The number of rotatable bonds is 5. The molecule has 0 aromatic heterocycles. The van der Waals surface area contributed by atoms with Crippen molar-refractivity contribution in [1.82, 2.24) is 0 Å². The highest BCUT2D eigenvalue weighted by atomic mass is 16.7. The molecular weight excluding hydrogens is 262 g/mol. The third-order valence-corrected chi connectivity index (χ3v) is 3.04. The van der Waals surface area contributed by atoms with E-state index in [4.69, 9.17) is 9.47 Å². The van der Waals surface area contributed by atoms with Crippen molar-refractivity contribution in [3.05, 3.63) is 52.1 Å². The summed E-state index contributed by atoms with van der Waals surface area (Å²) in [5.74, 6) is -0.488. The number of nitro groups is 1. The van der Waals surface area contributed by atoms with E-state index in [0.717, 1.165) is 5.56 Å². The molecule has 2 unspecified atom stereocenters. The predicted molar refractivity (Wildman–Crippen MR) is 70.7 cm³/mol. The molecule has 0 N–H and O–H groups in total. The molecule has 2 rings (SSSR count). The fraction of sp³-hybridized carbons (Fsp3) is 0.357. The quantitative estimate of drug-likeness (QED) is 0.358. The van der Waals surface area contributed by atoms with Gasteiger partial charge in [-0.05, 0) is 30.2 Å². The van der Waals surface area contributed by atoms with Crippen molar-refractivity contribution in [1.29, 1.82) is 0 Å². The molecule has 1 aliphatic heterocycles. The zero-order valence-corrected chi connectivity index (χ0v) is 11.0. The molecule has 0 spiro atoms. The van der Waals surface area contributed by atoms with Gasteiger partial charge in [0, 0.05) is 12.1 Å². The second kappa shape index (κ2) is 6.29. The zero-order chi connectivity index (χ0) is 14.5. The topological polar surface area (TPSA) is 78.7 Å². The fourth-order valence-electron chi connectivity index (χ4n) is 1.83. The Labute approximate surface area is 116 Å². The third-order valence-electron chi connectivity index (χ3n) is 3.04. The van der Waals surface area contributed by atoms with Crippen molar-refractivity contribution in [2.45, 2.75) is 26.2 Å². The minimum atomic E-state index is -0.694. The van der Waals surface area contributed by atoms with Crippen LogP contribution in [-0.2, 0) is 20.9 Å². The third kappa shape index (κ3) is 3.42. The van der Waals surface area contributed by atoms with Gasteiger partial charge in [0.15, 0.2) is 0 Å². The van der Waals surface area contributed by atoms with Gasteiger partial charge in [0.2, 0.25) is 6.29 Å². The van der Waals surface area contributed by atoms with Gasteiger partial charge >= 0.3 is 5.97 Å². The maximum Gasteiger partial charge on any atom is 0.315 e. The number of nitro benzene ring substituents is 1. The summed E-state index contributed by atoms with van der Waals surface area (Å²) >= 11 is 0. The molecule has 106 valence electrons. The Morgan fingerprint density at radius 1 is 1.30 bits per heavy atom. The number of benzene rings is 1. The first-order valence-electron chi connectivity index (χ1n) is 6.34. The first-order chi connectivity index (χ1) is 9.60. The minimum Gasteiger partial charge on any atom is -0.431 e. The van der Waals surface area contributed by atoms with Crippen LogP contribution in [0.5, 0.6) is 0 Å². The van der Waals surface area contributed by atoms with Gasteiger partial charge < -0.3 is 9.47 Å². The monoisotopic (exact) mass is 277 g/mol. The molecule has 1 aliphatic rings. The van der Waals surface area contributed by atoms with E-state index in [1.54, 1.807) is 24.3 Å². The Morgan fingerprint density at radius 3 is 2.55 bits per heavy atom. The van der Waals surface area contributed by atoms with Gasteiger partial charge in [0.25, 0.3) is 5.69 Å². The number of carbonyl (C=O) groups is 1. The van der Waals surface area contributed by atoms with Gasteiger partial charge in [0.05, 0.1) is 17.4 Å². The van der Waals surface area contributed by atoms with E-state index in [1.165, 1.54) is 12.1 Å². The number of ether oxygens (including phenoxy) is 2. The van der Waals surface area contributed by atoms with Crippen LogP contribution in [-0.4, -0.2) is 17.2 Å². The minimum absolute atomic E-state index is 0.0310. The maximum absolute atomic E-state index is 11.5. The number of nitrogens with zero attached hydrogens (tertiary/aromatic N) is 1. The van der Waals surface area contributed by atoms with Crippen LogP contribution in [0.3, 0.4) is 0 Å². The van der Waals surface area contributed by atoms with E-state index in [2.05, 4.69) is 0 Å². The Kier molecular flexibility index (Phi) is 4.47. The highest BCUT2D eigenvalue weighted by Crippen LogP contribution is 2.18. The summed E-state index contributed by atoms with van der Waals surface area (Å²) in [4.78, 5) is 21.6. The van der Waals surface area contributed by atoms with Crippen molar-refractivity contribution in [3.63, 3.8) is 0 Å². The molecule has 20 heavy (non-hydrogen) atoms. The molecule has 2 atom stereocenters. The SMILES string of the molecule is CCC1C=CC(OCc2ccc([N+](=O)[O-])cc2)OC1=O. The Morgan fingerprint density at radius 2 is 2.00 bits per heavy atom. The van der Waals surface area contributed by atoms with Crippen molar-refractivity contribution < 1.29 is 19.2 Å². The average Bonchev–Trinajstić information content (AvgIpc) is 2.45. The van der Waals surface area contributed by atoms with E-state index in [-0.39, 0.29) is 24.2 Å². The normalized spacial score (nSPS) is 21.6.